The van der Waals surface area contributed by atoms with Gasteiger partial charge in [-0.2, -0.15) is 4.40 Å². The van der Waals surface area contributed by atoms with E-state index < -0.39 is 29.2 Å². The van der Waals surface area contributed by atoms with Crippen LogP contribution in [0.4, 0.5) is 5.13 Å². The van der Waals surface area contributed by atoms with Crippen molar-refractivity contribution in [3.8, 4) is 0 Å². The molecule has 1 saturated heterocycles. The zero-order valence-corrected chi connectivity index (χ0v) is 22.4. The van der Waals surface area contributed by atoms with Gasteiger partial charge in [-0.05, 0) is 25.7 Å². The molecule has 2 atom stereocenters. The Morgan fingerprint density at radius 1 is 1.32 bits per heavy atom. The highest BCUT2D eigenvalue weighted by molar-refractivity contribution is 8.00. The predicted molar refractivity (Wildman–Crippen MR) is 142 cm³/mol. The first kappa shape index (κ1) is 24.9. The van der Waals surface area contributed by atoms with E-state index in [2.05, 4.69) is 15.5 Å². The molecular weight excluding hydrogens is 550 g/mol. The Hall–Kier alpha value is -3.43. The van der Waals surface area contributed by atoms with Crippen molar-refractivity contribution in [1.29, 1.82) is 0 Å². The smallest absolute Gasteiger partial charge is 0.352 e. The summed E-state index contributed by atoms with van der Waals surface area (Å²) >= 11 is 4.16. The van der Waals surface area contributed by atoms with Crippen molar-refractivity contribution < 1.29 is 28.9 Å². The lowest BCUT2D eigenvalue weighted by Gasteiger charge is -2.49. The van der Waals surface area contributed by atoms with Crippen LogP contribution in [0.15, 0.2) is 45.9 Å². The summed E-state index contributed by atoms with van der Waals surface area (Å²) in [7, 11) is 0. The predicted octanol–water partition coefficient (Wildman–Crippen LogP) is 1.43. The van der Waals surface area contributed by atoms with Gasteiger partial charge >= 0.3 is 5.97 Å². The van der Waals surface area contributed by atoms with E-state index in [9.17, 15) is 19.5 Å². The monoisotopic (exact) mass is 574 g/mol. The summed E-state index contributed by atoms with van der Waals surface area (Å²) in [4.78, 5) is 50.7. The standard InChI is InChI=1S/C23H23N7O5S3/c24-23-25-14(10-38-23)16(27-35-13-3-1-2-4-13)19(31)26-17-20(32)30-18(22(33)34)12(9-37-21(17)30)7-28-8-15-29(11-28)5-6-36-15/h5-6,8,10-11,13,17,21H,1-4,7,9H2,(H3-,24,25,26,31,33,34)/p+1/b27-16-/t17-,21-/m1/s1. The molecule has 3 aromatic heterocycles. The van der Waals surface area contributed by atoms with Crippen LogP contribution in [0.25, 0.3) is 4.83 Å². The van der Waals surface area contributed by atoms with E-state index in [1.807, 2.05) is 33.1 Å². The van der Waals surface area contributed by atoms with Crippen molar-refractivity contribution in [1.82, 2.24) is 19.6 Å². The van der Waals surface area contributed by atoms with Gasteiger partial charge in [-0.25, -0.2) is 14.3 Å². The Balaban J connectivity index is 1.20. The van der Waals surface area contributed by atoms with Crippen LogP contribution in [-0.4, -0.2) is 66.2 Å². The van der Waals surface area contributed by atoms with Gasteiger partial charge in [-0.3, -0.25) is 14.5 Å². The van der Waals surface area contributed by atoms with Gasteiger partial charge in [0.25, 0.3) is 11.8 Å². The van der Waals surface area contributed by atoms with E-state index in [0.29, 0.717) is 17.9 Å². The molecule has 6 rings (SSSR count). The average Bonchev–Trinajstić information content (AvgIpc) is 3.68. The molecule has 1 aliphatic carbocycles. The molecule has 2 amide bonds. The quantitative estimate of drug-likeness (QED) is 0.158. The minimum Gasteiger partial charge on any atom is -0.477 e. The highest BCUT2D eigenvalue weighted by Crippen LogP contribution is 2.40. The number of fused-ring (bicyclic) bond motifs is 2. The van der Waals surface area contributed by atoms with Crippen LogP contribution in [0, 0.1) is 0 Å². The Bertz CT molecular complexity index is 1460. The number of imidazole rings is 1. The number of amides is 2. The van der Waals surface area contributed by atoms with Crippen molar-refractivity contribution in [2.45, 2.75) is 49.7 Å². The first-order valence-electron chi connectivity index (χ1n) is 12.0. The minimum absolute atomic E-state index is 0.0305. The molecule has 15 heteroatoms. The molecular formula is C23H24N7O5S3+. The number of hydrogen-bond acceptors (Lipinski definition) is 10. The molecule has 0 aromatic carbocycles. The number of aromatic nitrogens is 3. The average molecular weight is 575 g/mol. The van der Waals surface area contributed by atoms with E-state index in [4.69, 9.17) is 10.6 Å². The first-order chi connectivity index (χ1) is 18.4. The van der Waals surface area contributed by atoms with E-state index in [0.717, 1.165) is 30.5 Å². The van der Waals surface area contributed by atoms with Crippen LogP contribution in [0.5, 0.6) is 0 Å². The van der Waals surface area contributed by atoms with Crippen LogP contribution >= 0.6 is 34.4 Å². The second kappa shape index (κ2) is 10.0. The largest absolute Gasteiger partial charge is 0.477 e. The molecule has 0 radical (unpaired) electrons. The fraction of sp³-hybridized carbons (Fsp3) is 0.391. The lowest BCUT2D eigenvalue weighted by molar-refractivity contribution is -0.687. The van der Waals surface area contributed by atoms with Crippen molar-refractivity contribution in [3.63, 3.8) is 0 Å². The van der Waals surface area contributed by atoms with Crippen LogP contribution in [0.1, 0.15) is 31.4 Å². The molecule has 0 bridgehead atoms. The molecule has 0 unspecified atom stereocenters. The molecule has 12 nitrogen and oxygen atoms in total. The number of nitrogens with two attached hydrogens (primary N) is 1. The molecule has 198 valence electrons. The van der Waals surface area contributed by atoms with Gasteiger partial charge < -0.3 is 21.0 Å². The Kier molecular flexibility index (Phi) is 6.57. The second-order valence-corrected chi connectivity index (χ2v) is 12.1. The first-order valence-corrected chi connectivity index (χ1v) is 14.8. The number of anilines is 1. The fourth-order valence-corrected chi connectivity index (χ4v) is 7.51. The molecule has 5 heterocycles. The summed E-state index contributed by atoms with van der Waals surface area (Å²) in [6, 6.07) is -0.900. The van der Waals surface area contributed by atoms with Gasteiger partial charge in [0.15, 0.2) is 10.8 Å². The highest BCUT2D eigenvalue weighted by atomic mass is 32.2. The molecule has 3 aromatic rings. The molecule has 3 aliphatic rings. The summed E-state index contributed by atoms with van der Waals surface area (Å²) in [5, 5.41) is 20.1. The zero-order chi connectivity index (χ0) is 26.4. The summed E-state index contributed by atoms with van der Waals surface area (Å²) in [6.45, 7) is 0.344. The summed E-state index contributed by atoms with van der Waals surface area (Å²) in [5.41, 5.74) is 6.57. The summed E-state index contributed by atoms with van der Waals surface area (Å²) in [6.07, 6.45) is 9.48. The number of carbonyl (C=O) groups is 3. The van der Waals surface area contributed by atoms with Gasteiger partial charge in [0.05, 0.1) is 0 Å². The molecule has 2 fully saturated rings. The fourth-order valence-electron chi connectivity index (χ4n) is 4.87. The lowest BCUT2D eigenvalue weighted by Crippen LogP contribution is -2.71. The van der Waals surface area contributed by atoms with Gasteiger partial charge in [0.2, 0.25) is 11.2 Å². The van der Waals surface area contributed by atoms with E-state index >= 15 is 0 Å². The number of carboxylic acid groups (broad SMARTS) is 1. The SMILES string of the molecule is Nc1nc(/C(=N/OC2CCCC2)C(=O)N[C@@H]2C(=O)N3C(C(=O)O)=C(C[n+]4cc5sccn5c4)CS[C@H]23)cs1. The van der Waals surface area contributed by atoms with Gasteiger partial charge in [-0.1, -0.05) is 16.5 Å². The number of carbonyl (C=O) groups excluding carboxylic acids is 2. The number of hydrogen-bond donors (Lipinski definition) is 3. The van der Waals surface area contributed by atoms with Crippen molar-refractivity contribution in [3.05, 3.63) is 46.4 Å². The maximum atomic E-state index is 13.3. The van der Waals surface area contributed by atoms with Gasteiger partial charge in [0.1, 0.15) is 47.8 Å². The van der Waals surface area contributed by atoms with Crippen LogP contribution in [0.3, 0.4) is 0 Å². The lowest BCUT2D eigenvalue weighted by atomic mass is 10.0. The number of thiazole rings is 2. The number of nitrogens with one attached hydrogen (secondary N) is 1. The second-order valence-electron chi connectivity index (χ2n) is 9.21. The minimum atomic E-state index is -1.17. The maximum absolute atomic E-state index is 13.3. The third kappa shape index (κ3) is 4.54. The number of rotatable bonds is 8. The normalized spacial score (nSPS) is 22.1. The maximum Gasteiger partial charge on any atom is 0.352 e. The Morgan fingerprint density at radius 3 is 2.84 bits per heavy atom. The van der Waals surface area contributed by atoms with E-state index in [1.54, 1.807) is 16.7 Å². The Labute approximate surface area is 228 Å². The van der Waals surface area contributed by atoms with Gasteiger partial charge in [0, 0.05) is 22.1 Å². The zero-order valence-electron chi connectivity index (χ0n) is 20.0. The van der Waals surface area contributed by atoms with E-state index in [1.165, 1.54) is 28.0 Å². The summed E-state index contributed by atoms with van der Waals surface area (Å²) in [5.74, 6) is -1.87. The van der Waals surface area contributed by atoms with Crippen molar-refractivity contribution in [2.24, 2.45) is 5.16 Å². The molecule has 2 aliphatic heterocycles. The number of thioether (sulfide) groups is 1. The third-order valence-corrected chi connectivity index (χ3v) is 9.53. The topological polar surface area (TPSA) is 155 Å². The van der Waals surface area contributed by atoms with Crippen molar-refractivity contribution in [2.75, 3.05) is 11.5 Å². The van der Waals surface area contributed by atoms with E-state index in [-0.39, 0.29) is 28.3 Å². The molecule has 4 N–H and O–H groups in total. The third-order valence-electron chi connectivity index (χ3n) is 6.70. The molecule has 38 heavy (non-hydrogen) atoms. The number of nitrogen functional groups attached to an aromatic ring is 1. The number of carboxylic acids is 1. The number of oxime groups is 1. The Morgan fingerprint density at radius 2 is 2.13 bits per heavy atom. The molecule has 1 saturated carbocycles. The van der Waals surface area contributed by atoms with Crippen molar-refractivity contribution >= 4 is 67.9 Å². The number of nitrogens with zero attached hydrogens (tertiary/aromatic N) is 5. The number of aliphatic carboxylic acids is 1. The number of β-lactam (4-membered cyclic amide) rings is 1. The van der Waals surface area contributed by atoms with Crippen LogP contribution in [0.2, 0.25) is 0 Å². The van der Waals surface area contributed by atoms with Crippen LogP contribution in [-0.2, 0) is 25.8 Å². The summed E-state index contributed by atoms with van der Waals surface area (Å²) < 4.78 is 3.86. The van der Waals surface area contributed by atoms with Gasteiger partial charge in [-0.15, -0.1) is 23.1 Å². The van der Waals surface area contributed by atoms with Crippen LogP contribution < -0.4 is 15.6 Å². The molecule has 0 spiro atoms. The highest BCUT2D eigenvalue weighted by Gasteiger charge is 2.54.